The van der Waals surface area contributed by atoms with Crippen LogP contribution in [0.3, 0.4) is 0 Å². The highest BCUT2D eigenvalue weighted by atomic mass is 16.5. The number of ether oxygens (including phenoxy) is 1. The Morgan fingerprint density at radius 1 is 1.29 bits per heavy atom. The van der Waals surface area contributed by atoms with Gasteiger partial charge in [0.1, 0.15) is 6.04 Å². The molecule has 0 saturated heterocycles. The molecule has 21 heavy (non-hydrogen) atoms. The van der Waals surface area contributed by atoms with E-state index in [1.165, 1.54) is 7.11 Å². The van der Waals surface area contributed by atoms with Gasteiger partial charge in [-0.25, -0.2) is 4.79 Å². The Morgan fingerprint density at radius 2 is 1.90 bits per heavy atom. The minimum Gasteiger partial charge on any atom is -0.480 e. The zero-order chi connectivity index (χ0) is 15.8. The van der Waals surface area contributed by atoms with Gasteiger partial charge in [-0.1, -0.05) is 42.0 Å². The third-order valence-corrected chi connectivity index (χ3v) is 2.95. The Kier molecular flexibility index (Phi) is 6.62. The molecular weight excluding hydrogens is 270 g/mol. The van der Waals surface area contributed by atoms with E-state index >= 15 is 0 Å². The van der Waals surface area contributed by atoms with E-state index in [4.69, 9.17) is 4.74 Å². The SMILES string of the molecule is CO[C@H](C(=O)N[C@@H](CC=C(C)C)C(=O)O)c1ccccc1. The molecule has 0 fully saturated rings. The number of carbonyl (C=O) groups is 2. The largest absolute Gasteiger partial charge is 0.480 e. The molecule has 2 atom stereocenters. The van der Waals surface area contributed by atoms with Crippen LogP contribution in [0.5, 0.6) is 0 Å². The van der Waals surface area contributed by atoms with E-state index in [2.05, 4.69) is 5.32 Å². The number of aliphatic carboxylic acids is 1. The minimum atomic E-state index is -1.07. The van der Waals surface area contributed by atoms with Crippen molar-refractivity contribution in [1.82, 2.24) is 5.32 Å². The molecule has 1 rings (SSSR count). The molecule has 0 heterocycles. The Balaban J connectivity index is 2.80. The van der Waals surface area contributed by atoms with Gasteiger partial charge < -0.3 is 15.2 Å². The van der Waals surface area contributed by atoms with Crippen LogP contribution in [0.2, 0.25) is 0 Å². The summed E-state index contributed by atoms with van der Waals surface area (Å²) in [6, 6.07) is 8.00. The van der Waals surface area contributed by atoms with Crippen LogP contribution in [-0.4, -0.2) is 30.1 Å². The van der Waals surface area contributed by atoms with Crippen LogP contribution < -0.4 is 5.32 Å². The van der Waals surface area contributed by atoms with E-state index in [1.54, 1.807) is 30.3 Å². The molecule has 1 aromatic carbocycles. The molecule has 0 aliphatic rings. The fourth-order valence-corrected chi connectivity index (χ4v) is 1.84. The molecule has 0 aliphatic heterocycles. The Hall–Kier alpha value is -2.14. The fraction of sp³-hybridized carbons (Fsp3) is 0.375. The number of carboxylic acids is 1. The molecule has 2 N–H and O–H groups in total. The lowest BCUT2D eigenvalue weighted by molar-refractivity contribution is -0.143. The number of allylic oxidation sites excluding steroid dienone is 1. The van der Waals surface area contributed by atoms with E-state index in [1.807, 2.05) is 19.9 Å². The summed E-state index contributed by atoms with van der Waals surface area (Å²) in [5.74, 6) is -1.53. The van der Waals surface area contributed by atoms with Crippen LogP contribution in [0.15, 0.2) is 42.0 Å². The molecule has 0 radical (unpaired) electrons. The highest BCUT2D eigenvalue weighted by Gasteiger charge is 2.25. The van der Waals surface area contributed by atoms with E-state index in [0.717, 1.165) is 5.57 Å². The van der Waals surface area contributed by atoms with Gasteiger partial charge in [-0.3, -0.25) is 4.79 Å². The second kappa shape index (κ2) is 8.21. The highest BCUT2D eigenvalue weighted by Crippen LogP contribution is 2.16. The number of hydrogen-bond donors (Lipinski definition) is 2. The number of carboxylic acid groups (broad SMARTS) is 1. The quantitative estimate of drug-likeness (QED) is 0.756. The van der Waals surface area contributed by atoms with Crippen molar-refractivity contribution >= 4 is 11.9 Å². The van der Waals surface area contributed by atoms with E-state index in [0.29, 0.717) is 5.56 Å². The van der Waals surface area contributed by atoms with Gasteiger partial charge >= 0.3 is 5.97 Å². The van der Waals surface area contributed by atoms with Crippen LogP contribution >= 0.6 is 0 Å². The van der Waals surface area contributed by atoms with Crippen LogP contribution in [0, 0.1) is 0 Å². The Labute approximate surface area is 124 Å². The summed E-state index contributed by atoms with van der Waals surface area (Å²) < 4.78 is 5.18. The van der Waals surface area contributed by atoms with Crippen LogP contribution in [0.25, 0.3) is 0 Å². The zero-order valence-electron chi connectivity index (χ0n) is 12.5. The number of carbonyl (C=O) groups excluding carboxylic acids is 1. The maximum atomic E-state index is 12.2. The normalized spacial score (nSPS) is 13.1. The first kappa shape index (κ1) is 16.9. The number of rotatable bonds is 7. The molecule has 5 heteroatoms. The van der Waals surface area contributed by atoms with Gasteiger partial charge in [0, 0.05) is 7.11 Å². The Morgan fingerprint density at radius 3 is 2.38 bits per heavy atom. The summed E-state index contributed by atoms with van der Waals surface area (Å²) in [4.78, 5) is 23.4. The molecule has 1 amide bonds. The number of amides is 1. The van der Waals surface area contributed by atoms with E-state index in [9.17, 15) is 14.7 Å². The molecular formula is C16H21NO4. The van der Waals surface area contributed by atoms with Crippen LogP contribution in [0.1, 0.15) is 31.9 Å². The van der Waals surface area contributed by atoms with Crippen molar-refractivity contribution in [2.24, 2.45) is 0 Å². The average Bonchev–Trinajstić information content (AvgIpc) is 2.44. The second-order valence-electron chi connectivity index (χ2n) is 4.94. The Bertz CT molecular complexity index is 506. The first-order valence-electron chi connectivity index (χ1n) is 6.70. The van der Waals surface area contributed by atoms with Gasteiger partial charge in [0.05, 0.1) is 0 Å². The molecule has 0 aromatic heterocycles. The van der Waals surface area contributed by atoms with Crippen molar-refractivity contribution in [2.45, 2.75) is 32.4 Å². The molecule has 114 valence electrons. The number of benzene rings is 1. The summed E-state index contributed by atoms with van der Waals surface area (Å²) in [5.41, 5.74) is 1.69. The van der Waals surface area contributed by atoms with Crippen molar-refractivity contribution in [1.29, 1.82) is 0 Å². The van der Waals surface area contributed by atoms with Crippen molar-refractivity contribution in [2.75, 3.05) is 7.11 Å². The predicted octanol–water partition coefficient (Wildman–Crippen LogP) is 2.30. The van der Waals surface area contributed by atoms with Gasteiger partial charge in [-0.15, -0.1) is 0 Å². The number of nitrogens with one attached hydrogen (secondary N) is 1. The number of methoxy groups -OCH3 is 1. The van der Waals surface area contributed by atoms with Crippen molar-refractivity contribution in [3.8, 4) is 0 Å². The predicted molar refractivity (Wildman–Crippen MR) is 79.8 cm³/mol. The molecule has 0 unspecified atom stereocenters. The standard InChI is InChI=1S/C16H21NO4/c1-11(2)9-10-13(16(19)20)17-15(18)14(21-3)12-7-5-4-6-8-12/h4-9,13-14H,10H2,1-3H3,(H,17,18)(H,19,20)/t13-,14-/m0/s1. The fourth-order valence-electron chi connectivity index (χ4n) is 1.84. The minimum absolute atomic E-state index is 0.245. The van der Waals surface area contributed by atoms with Gasteiger partial charge in [0.25, 0.3) is 5.91 Å². The zero-order valence-corrected chi connectivity index (χ0v) is 12.5. The summed E-state index contributed by atoms with van der Waals surface area (Å²) >= 11 is 0. The van der Waals surface area contributed by atoms with Gasteiger partial charge in [-0.2, -0.15) is 0 Å². The first-order chi connectivity index (χ1) is 9.95. The van der Waals surface area contributed by atoms with E-state index < -0.39 is 24.0 Å². The summed E-state index contributed by atoms with van der Waals surface area (Å²) in [7, 11) is 1.42. The molecule has 0 saturated carbocycles. The monoisotopic (exact) mass is 291 g/mol. The number of hydrogen-bond acceptors (Lipinski definition) is 3. The van der Waals surface area contributed by atoms with Crippen LogP contribution in [-0.2, 0) is 14.3 Å². The molecule has 0 spiro atoms. The third kappa shape index (κ3) is 5.39. The van der Waals surface area contributed by atoms with Gasteiger partial charge in [0.2, 0.25) is 0 Å². The lowest BCUT2D eigenvalue weighted by Gasteiger charge is -2.19. The van der Waals surface area contributed by atoms with Crippen LogP contribution in [0.4, 0.5) is 0 Å². The second-order valence-corrected chi connectivity index (χ2v) is 4.94. The van der Waals surface area contributed by atoms with Gasteiger partial charge in [0.15, 0.2) is 6.10 Å². The maximum Gasteiger partial charge on any atom is 0.326 e. The lowest BCUT2D eigenvalue weighted by atomic mass is 10.1. The maximum absolute atomic E-state index is 12.2. The summed E-state index contributed by atoms with van der Waals surface area (Å²) in [6.45, 7) is 3.76. The van der Waals surface area contributed by atoms with Gasteiger partial charge in [-0.05, 0) is 25.8 Å². The first-order valence-corrected chi connectivity index (χ1v) is 6.70. The topological polar surface area (TPSA) is 75.6 Å². The molecule has 0 bridgehead atoms. The van der Waals surface area contributed by atoms with Crippen molar-refractivity contribution in [3.05, 3.63) is 47.5 Å². The van der Waals surface area contributed by atoms with E-state index in [-0.39, 0.29) is 6.42 Å². The smallest absolute Gasteiger partial charge is 0.326 e. The summed E-state index contributed by atoms with van der Waals surface area (Å²) in [6.07, 6.45) is 1.21. The molecule has 0 aliphatic carbocycles. The molecule has 1 aromatic rings. The lowest BCUT2D eigenvalue weighted by Crippen LogP contribution is -2.43. The molecule has 5 nitrogen and oxygen atoms in total. The highest BCUT2D eigenvalue weighted by molar-refractivity contribution is 5.87. The average molecular weight is 291 g/mol. The third-order valence-electron chi connectivity index (χ3n) is 2.95. The summed E-state index contributed by atoms with van der Waals surface area (Å²) in [5, 5.41) is 11.7. The van der Waals surface area contributed by atoms with Crippen molar-refractivity contribution in [3.63, 3.8) is 0 Å². The van der Waals surface area contributed by atoms with Crippen molar-refractivity contribution < 1.29 is 19.4 Å².